The summed E-state index contributed by atoms with van der Waals surface area (Å²) in [6.07, 6.45) is 13.5. The van der Waals surface area contributed by atoms with Crippen molar-refractivity contribution in [2.75, 3.05) is 0 Å². The molecule has 0 aromatic heterocycles. The summed E-state index contributed by atoms with van der Waals surface area (Å²) in [5, 5.41) is 10.7. The molecule has 0 saturated heterocycles. The lowest BCUT2D eigenvalue weighted by molar-refractivity contribution is -0.148. The van der Waals surface area contributed by atoms with Crippen LogP contribution in [0.2, 0.25) is 0 Å². The average molecular weight is 389 g/mol. The van der Waals surface area contributed by atoms with Gasteiger partial charge in [-0.3, -0.25) is 0 Å². The molecule has 28 heavy (non-hydrogen) atoms. The Labute approximate surface area is 173 Å². The van der Waals surface area contributed by atoms with Crippen LogP contribution in [0.15, 0.2) is 0 Å². The molecule has 0 heterocycles. The highest BCUT2D eigenvalue weighted by molar-refractivity contribution is 5.75. The minimum Gasteiger partial charge on any atom is -0.390 e. The third-order valence-electron chi connectivity index (χ3n) is 10.7. The van der Waals surface area contributed by atoms with E-state index in [0.717, 1.165) is 55.3 Å². The highest BCUT2D eigenvalue weighted by Crippen LogP contribution is 2.68. The number of carbonyl (C=O) groups is 1. The van der Waals surface area contributed by atoms with Crippen LogP contribution in [0.25, 0.3) is 0 Å². The molecule has 0 aliphatic heterocycles. The molecule has 0 radical (unpaired) electrons. The van der Waals surface area contributed by atoms with E-state index in [0.29, 0.717) is 22.5 Å². The fourth-order valence-corrected chi connectivity index (χ4v) is 9.04. The first-order valence-corrected chi connectivity index (χ1v) is 12.3. The fraction of sp³-hybridized carbons (Fsp3) is 0.962. The van der Waals surface area contributed by atoms with Gasteiger partial charge >= 0.3 is 0 Å². The van der Waals surface area contributed by atoms with Crippen LogP contribution < -0.4 is 0 Å². The van der Waals surface area contributed by atoms with Gasteiger partial charge in [-0.25, -0.2) is 0 Å². The van der Waals surface area contributed by atoms with Crippen LogP contribution >= 0.6 is 0 Å². The Balaban J connectivity index is 1.51. The Morgan fingerprint density at radius 1 is 0.964 bits per heavy atom. The standard InChI is InChI=1S/C26H44O2/c1-17(6-7-18(2)27)21-10-11-22-20-9-8-19-16-24(3,28)14-15-25(19,4)23(20)12-13-26(21,22)5/h17,19-23,28H,6-16H2,1-5H3. The second kappa shape index (κ2) is 7.10. The molecular formula is C26H44O2. The molecule has 0 bridgehead atoms. The molecule has 0 amide bonds. The number of rotatable bonds is 4. The molecule has 9 atom stereocenters. The summed E-state index contributed by atoms with van der Waals surface area (Å²) < 4.78 is 0. The average Bonchev–Trinajstić information content (AvgIpc) is 2.97. The Bertz CT molecular complexity index is 610. The van der Waals surface area contributed by atoms with Gasteiger partial charge in [0.2, 0.25) is 0 Å². The van der Waals surface area contributed by atoms with Gasteiger partial charge in [0.15, 0.2) is 0 Å². The first-order chi connectivity index (χ1) is 13.1. The molecule has 0 spiro atoms. The minimum absolute atomic E-state index is 0.356. The summed E-state index contributed by atoms with van der Waals surface area (Å²) in [6, 6.07) is 0. The quantitative estimate of drug-likeness (QED) is 0.605. The molecule has 4 aliphatic carbocycles. The number of hydrogen-bond acceptors (Lipinski definition) is 2. The maximum Gasteiger partial charge on any atom is 0.129 e. The number of carbonyl (C=O) groups excluding carboxylic acids is 1. The normalized spacial score (nSPS) is 51.7. The van der Waals surface area contributed by atoms with Crippen LogP contribution in [0.3, 0.4) is 0 Å². The van der Waals surface area contributed by atoms with E-state index in [1.807, 2.05) is 0 Å². The maximum atomic E-state index is 11.5. The van der Waals surface area contributed by atoms with Crippen molar-refractivity contribution in [1.29, 1.82) is 0 Å². The number of Topliss-reactive ketones (excluding diaryl/α,β-unsaturated/α-hetero) is 1. The van der Waals surface area contributed by atoms with Gasteiger partial charge in [0.05, 0.1) is 5.60 Å². The highest BCUT2D eigenvalue weighted by atomic mass is 16.3. The molecule has 0 aromatic carbocycles. The zero-order chi connectivity index (χ0) is 20.3. The van der Waals surface area contributed by atoms with E-state index in [2.05, 4.69) is 27.7 Å². The molecule has 4 saturated carbocycles. The monoisotopic (exact) mass is 388 g/mol. The van der Waals surface area contributed by atoms with Crippen LogP contribution in [0.4, 0.5) is 0 Å². The van der Waals surface area contributed by atoms with Crippen LogP contribution in [0.5, 0.6) is 0 Å². The van der Waals surface area contributed by atoms with Crippen molar-refractivity contribution >= 4 is 5.78 Å². The summed E-state index contributed by atoms with van der Waals surface area (Å²) in [4.78, 5) is 11.5. The number of fused-ring (bicyclic) bond motifs is 5. The smallest absolute Gasteiger partial charge is 0.129 e. The Kier molecular flexibility index (Phi) is 5.30. The first kappa shape index (κ1) is 20.9. The van der Waals surface area contributed by atoms with Crippen LogP contribution in [-0.2, 0) is 4.79 Å². The SMILES string of the molecule is CC(=O)CCC(C)C1CCC2C3CCC4CC(C)(O)CCC4(C)C3CCC12C. The van der Waals surface area contributed by atoms with E-state index in [4.69, 9.17) is 0 Å². The van der Waals surface area contributed by atoms with Gasteiger partial charge in [0.1, 0.15) is 5.78 Å². The van der Waals surface area contributed by atoms with Crippen molar-refractivity contribution in [3.63, 3.8) is 0 Å². The molecule has 0 aromatic rings. The van der Waals surface area contributed by atoms with Crippen LogP contribution in [-0.4, -0.2) is 16.5 Å². The lowest BCUT2D eigenvalue weighted by Crippen LogP contribution is -2.55. The van der Waals surface area contributed by atoms with E-state index < -0.39 is 5.60 Å². The molecule has 4 aliphatic rings. The molecule has 4 rings (SSSR count). The third kappa shape index (κ3) is 3.30. The summed E-state index contributed by atoms with van der Waals surface area (Å²) in [5.74, 6) is 5.28. The van der Waals surface area contributed by atoms with E-state index in [-0.39, 0.29) is 0 Å². The second-order valence-corrected chi connectivity index (χ2v) is 12.3. The lowest BCUT2D eigenvalue weighted by atomic mass is 9.43. The van der Waals surface area contributed by atoms with Gasteiger partial charge in [-0.2, -0.15) is 0 Å². The molecule has 4 fully saturated rings. The predicted octanol–water partition coefficient (Wildman–Crippen LogP) is 6.40. The van der Waals surface area contributed by atoms with Crippen molar-refractivity contribution in [2.45, 2.75) is 111 Å². The zero-order valence-electron chi connectivity index (χ0n) is 19.1. The molecule has 9 unspecified atom stereocenters. The zero-order valence-corrected chi connectivity index (χ0v) is 19.1. The maximum absolute atomic E-state index is 11.5. The van der Waals surface area contributed by atoms with Gasteiger partial charge in [0, 0.05) is 6.42 Å². The third-order valence-corrected chi connectivity index (χ3v) is 10.7. The Hall–Kier alpha value is -0.370. The number of ketones is 1. The van der Waals surface area contributed by atoms with E-state index >= 15 is 0 Å². The van der Waals surface area contributed by atoms with Crippen LogP contribution in [0, 0.1) is 46.3 Å². The van der Waals surface area contributed by atoms with Crippen molar-refractivity contribution in [2.24, 2.45) is 46.3 Å². The molecule has 2 nitrogen and oxygen atoms in total. The predicted molar refractivity (Wildman–Crippen MR) is 115 cm³/mol. The molecule has 160 valence electrons. The summed E-state index contributed by atoms with van der Waals surface area (Å²) >= 11 is 0. The van der Waals surface area contributed by atoms with Gasteiger partial charge in [-0.15, -0.1) is 0 Å². The Morgan fingerprint density at radius 2 is 1.68 bits per heavy atom. The van der Waals surface area contributed by atoms with Crippen molar-refractivity contribution < 1.29 is 9.90 Å². The second-order valence-electron chi connectivity index (χ2n) is 12.3. The van der Waals surface area contributed by atoms with E-state index in [1.54, 1.807) is 6.92 Å². The fourth-order valence-electron chi connectivity index (χ4n) is 9.04. The van der Waals surface area contributed by atoms with E-state index in [9.17, 15) is 9.90 Å². The molecule has 1 N–H and O–H groups in total. The lowest BCUT2D eigenvalue weighted by Gasteiger charge is -2.62. The van der Waals surface area contributed by atoms with Crippen molar-refractivity contribution in [3.8, 4) is 0 Å². The topological polar surface area (TPSA) is 37.3 Å². The number of aliphatic hydroxyl groups is 1. The number of hydrogen-bond donors (Lipinski definition) is 1. The summed E-state index contributed by atoms with van der Waals surface area (Å²) in [5.41, 5.74) is 0.538. The highest BCUT2D eigenvalue weighted by Gasteiger charge is 2.61. The van der Waals surface area contributed by atoms with Gasteiger partial charge in [0.25, 0.3) is 0 Å². The molecular weight excluding hydrogens is 344 g/mol. The minimum atomic E-state index is -0.426. The van der Waals surface area contributed by atoms with Crippen molar-refractivity contribution in [3.05, 3.63) is 0 Å². The summed E-state index contributed by atoms with van der Waals surface area (Å²) in [7, 11) is 0. The van der Waals surface area contributed by atoms with Gasteiger partial charge < -0.3 is 9.90 Å². The summed E-state index contributed by atoms with van der Waals surface area (Å²) in [6.45, 7) is 11.5. The van der Waals surface area contributed by atoms with Gasteiger partial charge in [-0.1, -0.05) is 20.8 Å². The van der Waals surface area contributed by atoms with Gasteiger partial charge in [-0.05, 0) is 124 Å². The first-order valence-electron chi connectivity index (χ1n) is 12.3. The van der Waals surface area contributed by atoms with E-state index in [1.165, 1.54) is 44.9 Å². The largest absolute Gasteiger partial charge is 0.390 e. The van der Waals surface area contributed by atoms with Crippen LogP contribution in [0.1, 0.15) is 105 Å². The van der Waals surface area contributed by atoms with Crippen molar-refractivity contribution in [1.82, 2.24) is 0 Å². The molecule has 2 heteroatoms. The Morgan fingerprint density at radius 3 is 2.39 bits per heavy atom.